The van der Waals surface area contributed by atoms with Gasteiger partial charge in [0.15, 0.2) is 0 Å². The number of hydrogen-bond acceptors (Lipinski definition) is 4. The highest BCUT2D eigenvalue weighted by molar-refractivity contribution is 5.76. The van der Waals surface area contributed by atoms with E-state index in [-0.39, 0.29) is 18.9 Å². The number of hydrogen-bond donors (Lipinski definition) is 4. The molecule has 0 spiro atoms. The van der Waals surface area contributed by atoms with Crippen LogP contribution in [0.3, 0.4) is 0 Å². The quantitative estimate of drug-likeness (QED) is 0.0372. The number of unbranched alkanes of at least 4 members (excludes halogenated alkanes) is 23. The molecule has 3 unspecified atom stereocenters. The smallest absolute Gasteiger partial charge is 0.222 e. The van der Waals surface area contributed by atoms with Crippen LogP contribution >= 0.6 is 0 Å². The van der Waals surface area contributed by atoms with Gasteiger partial charge >= 0.3 is 0 Å². The molecular formula is C48H87NO4. The van der Waals surface area contributed by atoms with E-state index in [1.807, 2.05) is 6.08 Å². The third-order valence-electron chi connectivity index (χ3n) is 10.0. The molecule has 0 fully saturated rings. The maximum atomic E-state index is 12.4. The molecule has 0 heterocycles. The number of aliphatic hydroxyl groups excluding tert-OH is 3. The number of rotatable bonds is 40. The summed E-state index contributed by atoms with van der Waals surface area (Å²) < 4.78 is 0. The van der Waals surface area contributed by atoms with Gasteiger partial charge in [-0.15, -0.1) is 0 Å². The molecule has 0 aromatic heterocycles. The Bertz CT molecular complexity index is 907. The SMILES string of the molecule is CCCCC/C=C\C/C=C\CCCCCCCC(O)CC(=O)NC(CO)C(O)/C=C/CC/C=C/CC/C=C/CCCCCCCCCCCCCCC. The molecule has 0 saturated heterocycles. The first kappa shape index (κ1) is 51.0. The molecule has 0 radical (unpaired) electrons. The molecule has 1 amide bonds. The summed E-state index contributed by atoms with van der Waals surface area (Å²) in [6.45, 7) is 4.16. The van der Waals surface area contributed by atoms with Gasteiger partial charge in [-0.05, 0) is 77.0 Å². The lowest BCUT2D eigenvalue weighted by molar-refractivity contribution is -0.124. The van der Waals surface area contributed by atoms with Crippen LogP contribution in [0, 0.1) is 0 Å². The summed E-state index contributed by atoms with van der Waals surface area (Å²) in [6.07, 6.45) is 56.5. The van der Waals surface area contributed by atoms with Crippen molar-refractivity contribution in [3.63, 3.8) is 0 Å². The van der Waals surface area contributed by atoms with E-state index >= 15 is 0 Å². The number of amides is 1. The van der Waals surface area contributed by atoms with Crippen molar-refractivity contribution in [1.82, 2.24) is 5.32 Å². The number of carbonyl (C=O) groups is 1. The molecule has 0 aliphatic heterocycles. The molecule has 4 N–H and O–H groups in total. The second-order valence-electron chi connectivity index (χ2n) is 15.3. The van der Waals surface area contributed by atoms with Crippen LogP contribution in [0.25, 0.3) is 0 Å². The highest BCUT2D eigenvalue weighted by atomic mass is 16.3. The Labute approximate surface area is 329 Å². The fourth-order valence-electron chi connectivity index (χ4n) is 6.52. The predicted molar refractivity (Wildman–Crippen MR) is 231 cm³/mol. The summed E-state index contributed by atoms with van der Waals surface area (Å²) >= 11 is 0. The molecular weight excluding hydrogens is 655 g/mol. The van der Waals surface area contributed by atoms with Crippen LogP contribution in [0.5, 0.6) is 0 Å². The summed E-state index contributed by atoms with van der Waals surface area (Å²) in [7, 11) is 0. The average molecular weight is 742 g/mol. The summed E-state index contributed by atoms with van der Waals surface area (Å²) in [5.41, 5.74) is 0. The van der Waals surface area contributed by atoms with Crippen LogP contribution in [0.15, 0.2) is 60.8 Å². The minimum Gasteiger partial charge on any atom is -0.394 e. The highest BCUT2D eigenvalue weighted by Crippen LogP contribution is 2.14. The molecule has 308 valence electrons. The lowest BCUT2D eigenvalue weighted by atomic mass is 10.0. The normalized spacial score (nSPS) is 14.1. The van der Waals surface area contributed by atoms with Crippen molar-refractivity contribution in [3.8, 4) is 0 Å². The maximum absolute atomic E-state index is 12.4. The molecule has 0 aromatic carbocycles. The van der Waals surface area contributed by atoms with Crippen molar-refractivity contribution in [2.24, 2.45) is 0 Å². The number of nitrogens with one attached hydrogen (secondary N) is 1. The Hall–Kier alpha value is -1.95. The van der Waals surface area contributed by atoms with Crippen LogP contribution in [0.2, 0.25) is 0 Å². The van der Waals surface area contributed by atoms with Crippen molar-refractivity contribution < 1.29 is 20.1 Å². The van der Waals surface area contributed by atoms with E-state index in [1.165, 1.54) is 128 Å². The predicted octanol–water partition coefficient (Wildman–Crippen LogP) is 13.1. The lowest BCUT2D eigenvalue weighted by Crippen LogP contribution is -2.45. The Morgan fingerprint density at radius 2 is 0.868 bits per heavy atom. The van der Waals surface area contributed by atoms with Gasteiger partial charge in [-0.25, -0.2) is 0 Å². The van der Waals surface area contributed by atoms with Crippen molar-refractivity contribution in [1.29, 1.82) is 0 Å². The Kier molecular flexibility index (Phi) is 41.2. The molecule has 5 nitrogen and oxygen atoms in total. The van der Waals surface area contributed by atoms with Crippen molar-refractivity contribution in [2.45, 2.75) is 231 Å². The van der Waals surface area contributed by atoms with E-state index < -0.39 is 18.2 Å². The van der Waals surface area contributed by atoms with Gasteiger partial charge in [-0.2, -0.15) is 0 Å². The van der Waals surface area contributed by atoms with E-state index in [4.69, 9.17) is 0 Å². The first-order valence-corrected chi connectivity index (χ1v) is 22.6. The van der Waals surface area contributed by atoms with Gasteiger partial charge in [0, 0.05) is 0 Å². The average Bonchev–Trinajstić information content (AvgIpc) is 3.15. The van der Waals surface area contributed by atoms with Crippen LogP contribution in [-0.2, 0) is 4.79 Å². The third kappa shape index (κ3) is 39.6. The van der Waals surface area contributed by atoms with Gasteiger partial charge < -0.3 is 20.6 Å². The summed E-state index contributed by atoms with van der Waals surface area (Å²) in [4.78, 5) is 12.4. The second kappa shape index (κ2) is 42.8. The van der Waals surface area contributed by atoms with E-state index in [0.29, 0.717) is 6.42 Å². The zero-order chi connectivity index (χ0) is 38.7. The van der Waals surface area contributed by atoms with Gasteiger partial charge in [-0.3, -0.25) is 4.79 Å². The zero-order valence-corrected chi connectivity index (χ0v) is 34.9. The number of carbonyl (C=O) groups excluding carboxylic acids is 1. The Balaban J connectivity index is 3.76. The zero-order valence-electron chi connectivity index (χ0n) is 34.9. The van der Waals surface area contributed by atoms with Crippen molar-refractivity contribution in [2.75, 3.05) is 6.61 Å². The fraction of sp³-hybridized carbons (Fsp3) is 0.771. The molecule has 0 aliphatic carbocycles. The van der Waals surface area contributed by atoms with Crippen molar-refractivity contribution >= 4 is 5.91 Å². The molecule has 5 heteroatoms. The van der Waals surface area contributed by atoms with Gasteiger partial charge in [0.25, 0.3) is 0 Å². The Morgan fingerprint density at radius 1 is 0.491 bits per heavy atom. The second-order valence-corrected chi connectivity index (χ2v) is 15.3. The molecule has 0 aromatic rings. The number of aliphatic hydroxyl groups is 3. The minimum atomic E-state index is -0.966. The van der Waals surface area contributed by atoms with Gasteiger partial charge in [-0.1, -0.05) is 190 Å². The first-order chi connectivity index (χ1) is 26.0. The van der Waals surface area contributed by atoms with Crippen molar-refractivity contribution in [3.05, 3.63) is 60.8 Å². The lowest BCUT2D eigenvalue weighted by Gasteiger charge is -2.20. The largest absolute Gasteiger partial charge is 0.394 e. The maximum Gasteiger partial charge on any atom is 0.222 e. The molecule has 3 atom stereocenters. The third-order valence-corrected chi connectivity index (χ3v) is 10.0. The summed E-state index contributed by atoms with van der Waals surface area (Å²) in [5, 5.41) is 33.2. The van der Waals surface area contributed by atoms with E-state index in [0.717, 1.165) is 57.8 Å². The van der Waals surface area contributed by atoms with E-state index in [9.17, 15) is 20.1 Å². The first-order valence-electron chi connectivity index (χ1n) is 22.6. The van der Waals surface area contributed by atoms with Crippen LogP contribution < -0.4 is 5.32 Å². The van der Waals surface area contributed by atoms with E-state index in [2.05, 4.69) is 67.8 Å². The number of allylic oxidation sites excluding steroid dienone is 9. The van der Waals surface area contributed by atoms with Crippen LogP contribution in [0.1, 0.15) is 213 Å². The van der Waals surface area contributed by atoms with Gasteiger partial charge in [0.05, 0.1) is 31.3 Å². The van der Waals surface area contributed by atoms with Gasteiger partial charge in [0.2, 0.25) is 5.91 Å². The molecule has 0 aliphatic rings. The fourth-order valence-corrected chi connectivity index (χ4v) is 6.52. The highest BCUT2D eigenvalue weighted by Gasteiger charge is 2.20. The van der Waals surface area contributed by atoms with Gasteiger partial charge in [0.1, 0.15) is 0 Å². The minimum absolute atomic E-state index is 0.00972. The topological polar surface area (TPSA) is 89.8 Å². The van der Waals surface area contributed by atoms with E-state index in [1.54, 1.807) is 6.08 Å². The monoisotopic (exact) mass is 742 g/mol. The summed E-state index contributed by atoms with van der Waals surface area (Å²) in [6, 6.07) is -0.774. The van der Waals surface area contributed by atoms with Crippen LogP contribution in [-0.4, -0.2) is 46.1 Å². The Morgan fingerprint density at radius 3 is 1.36 bits per heavy atom. The molecule has 0 bridgehead atoms. The molecule has 53 heavy (non-hydrogen) atoms. The summed E-state index contributed by atoms with van der Waals surface area (Å²) in [5.74, 6) is -0.340. The molecule has 0 saturated carbocycles. The standard InChI is InChI=1S/C48H87NO4/c1-3-5-7-9-11-13-15-17-19-20-21-22-23-24-25-26-28-30-32-34-36-38-40-42-47(52)46(44-50)49-48(53)43-45(51)41-39-37-35-33-31-29-27-18-16-14-12-10-8-6-4-2/h12,14,18,25-27,32,34,40,42,45-47,50-52H,3-11,13,15-17,19-24,28-31,33,35-39,41,43-44H2,1-2H3,(H,49,53)/b14-12-,26-25+,27-18-,34-32+,42-40+. The van der Waals surface area contributed by atoms with Crippen LogP contribution in [0.4, 0.5) is 0 Å². The molecule has 0 rings (SSSR count).